The summed E-state index contributed by atoms with van der Waals surface area (Å²) >= 11 is 0. The highest BCUT2D eigenvalue weighted by atomic mass is 16.6. The molecule has 0 aliphatic heterocycles. The second-order valence-electron chi connectivity index (χ2n) is 5.97. The summed E-state index contributed by atoms with van der Waals surface area (Å²) in [6, 6.07) is 9.50. The fraction of sp³-hybridized carbons (Fsp3) is 0.111. The Hall–Kier alpha value is -3.88. The summed E-state index contributed by atoms with van der Waals surface area (Å²) in [5.74, 6) is 2.28. The van der Waals surface area contributed by atoms with Gasteiger partial charge in [-0.25, -0.2) is 14.6 Å². The van der Waals surface area contributed by atoms with Crippen molar-refractivity contribution in [2.45, 2.75) is 13.0 Å². The Labute approximate surface area is 153 Å². The molecule has 0 bridgehead atoms. The van der Waals surface area contributed by atoms with Crippen LogP contribution in [0.3, 0.4) is 0 Å². The number of pyridine rings is 1. The first-order chi connectivity index (χ1) is 13.4. The third-order valence-electron chi connectivity index (χ3n) is 4.30. The van der Waals surface area contributed by atoms with Gasteiger partial charge in [0, 0.05) is 48.9 Å². The lowest BCUT2D eigenvalue weighted by atomic mass is 10.1. The van der Waals surface area contributed by atoms with E-state index in [0.29, 0.717) is 29.8 Å². The van der Waals surface area contributed by atoms with Gasteiger partial charge < -0.3 is 4.57 Å². The average Bonchev–Trinajstić information content (AvgIpc) is 3.46. The molecule has 5 aromatic rings. The molecule has 4 heterocycles. The highest BCUT2D eigenvalue weighted by Crippen LogP contribution is 2.25. The molecule has 9 heteroatoms. The number of aryl methyl sites for hydroxylation is 2. The van der Waals surface area contributed by atoms with Crippen LogP contribution in [-0.4, -0.2) is 40.0 Å². The first-order valence-electron chi connectivity index (χ1n) is 8.43. The van der Waals surface area contributed by atoms with Crippen LogP contribution in [0, 0.1) is 0 Å². The van der Waals surface area contributed by atoms with E-state index in [4.69, 9.17) is 4.63 Å². The number of nitrogens with one attached hydrogen (secondary N) is 1. The van der Waals surface area contributed by atoms with E-state index in [0.717, 1.165) is 22.8 Å². The van der Waals surface area contributed by atoms with E-state index in [-0.39, 0.29) is 0 Å². The van der Waals surface area contributed by atoms with Gasteiger partial charge in [0.05, 0.1) is 0 Å². The number of rotatable bonds is 5. The number of aromatic amines is 1. The van der Waals surface area contributed by atoms with Crippen LogP contribution >= 0.6 is 0 Å². The van der Waals surface area contributed by atoms with Crippen LogP contribution in [0.5, 0.6) is 0 Å². The molecule has 1 aromatic carbocycles. The third-order valence-corrected chi connectivity index (χ3v) is 4.30. The SMILES string of the molecule is c1cc(-c2nccn2CCc2nc(-c3ccncc3)n[nH]2)c2nonc2c1. The summed E-state index contributed by atoms with van der Waals surface area (Å²) in [6.45, 7) is 0.696. The van der Waals surface area contributed by atoms with Gasteiger partial charge in [0.15, 0.2) is 5.82 Å². The highest BCUT2D eigenvalue weighted by molar-refractivity contribution is 5.88. The largest absolute Gasteiger partial charge is 0.330 e. The molecule has 27 heavy (non-hydrogen) atoms. The Kier molecular flexibility index (Phi) is 3.67. The lowest BCUT2D eigenvalue weighted by Gasteiger charge is -2.06. The van der Waals surface area contributed by atoms with E-state index < -0.39 is 0 Å². The number of imidazole rings is 1. The molecular formula is C18H14N8O. The Morgan fingerprint density at radius 1 is 1.04 bits per heavy atom. The summed E-state index contributed by atoms with van der Waals surface area (Å²) in [7, 11) is 0. The van der Waals surface area contributed by atoms with Crippen LogP contribution < -0.4 is 0 Å². The molecule has 0 saturated carbocycles. The van der Waals surface area contributed by atoms with E-state index in [9.17, 15) is 0 Å². The maximum atomic E-state index is 4.85. The second-order valence-corrected chi connectivity index (χ2v) is 5.97. The van der Waals surface area contributed by atoms with Crippen LogP contribution in [0.4, 0.5) is 0 Å². The van der Waals surface area contributed by atoms with Crippen LogP contribution in [-0.2, 0) is 13.0 Å². The van der Waals surface area contributed by atoms with Gasteiger partial charge in [-0.05, 0) is 34.6 Å². The van der Waals surface area contributed by atoms with Gasteiger partial charge >= 0.3 is 0 Å². The Balaban J connectivity index is 1.38. The highest BCUT2D eigenvalue weighted by Gasteiger charge is 2.14. The number of fused-ring (bicyclic) bond motifs is 1. The van der Waals surface area contributed by atoms with Crippen LogP contribution in [0.1, 0.15) is 5.82 Å². The summed E-state index contributed by atoms with van der Waals surface area (Å²) in [5, 5.41) is 15.2. The normalized spacial score (nSPS) is 11.3. The van der Waals surface area contributed by atoms with E-state index in [1.54, 1.807) is 18.6 Å². The fourth-order valence-electron chi connectivity index (χ4n) is 2.98. The number of hydrogen-bond donors (Lipinski definition) is 1. The van der Waals surface area contributed by atoms with Crippen molar-refractivity contribution in [1.82, 2.24) is 40.0 Å². The Bertz CT molecular complexity index is 1190. The van der Waals surface area contributed by atoms with Crippen molar-refractivity contribution in [3.8, 4) is 22.8 Å². The first kappa shape index (κ1) is 15.4. The summed E-state index contributed by atoms with van der Waals surface area (Å²) in [6.07, 6.45) is 7.84. The molecule has 4 aromatic heterocycles. The molecule has 0 spiro atoms. The molecule has 9 nitrogen and oxygen atoms in total. The van der Waals surface area contributed by atoms with Gasteiger partial charge in [-0.1, -0.05) is 6.07 Å². The minimum atomic E-state index is 0.664. The molecular weight excluding hydrogens is 344 g/mol. The van der Waals surface area contributed by atoms with Gasteiger partial charge in [0.25, 0.3) is 0 Å². The number of H-pyrrole nitrogens is 1. The molecule has 0 unspecified atom stereocenters. The summed E-state index contributed by atoms with van der Waals surface area (Å²) in [5.41, 5.74) is 3.22. The maximum absolute atomic E-state index is 4.85. The smallest absolute Gasteiger partial charge is 0.181 e. The fourth-order valence-corrected chi connectivity index (χ4v) is 2.98. The molecule has 0 amide bonds. The zero-order valence-electron chi connectivity index (χ0n) is 14.1. The lowest BCUT2D eigenvalue weighted by Crippen LogP contribution is -2.04. The zero-order chi connectivity index (χ0) is 18.1. The van der Waals surface area contributed by atoms with Crippen LogP contribution in [0.15, 0.2) is 59.7 Å². The Morgan fingerprint density at radius 3 is 2.89 bits per heavy atom. The molecule has 5 rings (SSSR count). The van der Waals surface area contributed by atoms with Crippen molar-refractivity contribution >= 4 is 11.0 Å². The maximum Gasteiger partial charge on any atom is 0.181 e. The molecule has 0 fully saturated rings. The number of nitrogens with zero attached hydrogens (tertiary/aromatic N) is 7. The minimum absolute atomic E-state index is 0.664. The van der Waals surface area contributed by atoms with Gasteiger partial charge in [-0.15, -0.1) is 0 Å². The number of benzene rings is 1. The second kappa shape index (κ2) is 6.45. The topological polar surface area (TPSA) is 111 Å². The predicted molar refractivity (Wildman–Crippen MR) is 96.3 cm³/mol. The summed E-state index contributed by atoms with van der Waals surface area (Å²) < 4.78 is 6.91. The molecule has 0 atom stereocenters. The van der Waals surface area contributed by atoms with Crippen molar-refractivity contribution in [3.63, 3.8) is 0 Å². The quantitative estimate of drug-likeness (QED) is 0.514. The molecule has 0 aliphatic carbocycles. The van der Waals surface area contributed by atoms with Gasteiger partial charge in [0.1, 0.15) is 22.7 Å². The molecule has 0 radical (unpaired) electrons. The average molecular weight is 358 g/mol. The van der Waals surface area contributed by atoms with Gasteiger partial charge in [0.2, 0.25) is 0 Å². The third kappa shape index (κ3) is 2.84. The lowest BCUT2D eigenvalue weighted by molar-refractivity contribution is 0.315. The zero-order valence-corrected chi connectivity index (χ0v) is 14.1. The van der Waals surface area contributed by atoms with Crippen LogP contribution in [0.2, 0.25) is 0 Å². The van der Waals surface area contributed by atoms with E-state index in [1.165, 1.54) is 0 Å². The summed E-state index contributed by atoms with van der Waals surface area (Å²) in [4.78, 5) is 13.1. The monoisotopic (exact) mass is 358 g/mol. The van der Waals surface area contributed by atoms with Crippen molar-refractivity contribution in [2.75, 3.05) is 0 Å². The van der Waals surface area contributed by atoms with E-state index >= 15 is 0 Å². The molecule has 132 valence electrons. The Morgan fingerprint density at radius 2 is 1.96 bits per heavy atom. The van der Waals surface area contributed by atoms with Crippen molar-refractivity contribution < 1.29 is 4.63 Å². The first-order valence-corrected chi connectivity index (χ1v) is 8.43. The van der Waals surface area contributed by atoms with Crippen LogP contribution in [0.25, 0.3) is 33.8 Å². The minimum Gasteiger partial charge on any atom is -0.330 e. The van der Waals surface area contributed by atoms with Gasteiger partial charge in [-0.3, -0.25) is 10.1 Å². The van der Waals surface area contributed by atoms with Gasteiger partial charge in [-0.2, -0.15) is 5.10 Å². The molecule has 0 saturated heterocycles. The predicted octanol–water partition coefficient (Wildman–Crippen LogP) is 2.51. The molecule has 0 aliphatic rings. The number of hydrogen-bond acceptors (Lipinski definition) is 7. The number of aromatic nitrogens is 8. The van der Waals surface area contributed by atoms with Crippen molar-refractivity contribution in [1.29, 1.82) is 0 Å². The standard InChI is InChI=1S/C18H14N8O/c1-2-13(16-14(3-1)24-27-25-16)18-20-9-11-26(18)10-6-15-21-17(23-22-15)12-4-7-19-8-5-12/h1-5,7-9,11H,6,10H2,(H,21,22,23). The van der Waals surface area contributed by atoms with E-state index in [2.05, 4.69) is 40.0 Å². The molecule has 1 N–H and O–H groups in total. The van der Waals surface area contributed by atoms with Crippen molar-refractivity contribution in [3.05, 3.63) is 60.9 Å². The van der Waals surface area contributed by atoms with Crippen molar-refractivity contribution in [2.24, 2.45) is 0 Å². The van der Waals surface area contributed by atoms with E-state index in [1.807, 2.05) is 36.5 Å².